The summed E-state index contributed by atoms with van der Waals surface area (Å²) in [5.74, 6) is 1.13. The van der Waals surface area contributed by atoms with Gasteiger partial charge in [0, 0.05) is 28.1 Å². The van der Waals surface area contributed by atoms with E-state index in [2.05, 4.69) is 16.0 Å². The van der Waals surface area contributed by atoms with E-state index in [1.807, 2.05) is 44.2 Å². The zero-order chi connectivity index (χ0) is 20.1. The second-order valence-corrected chi connectivity index (χ2v) is 8.27. The molecule has 0 aromatic heterocycles. The molecule has 2 amide bonds. The Morgan fingerprint density at radius 3 is 2.79 bits per heavy atom. The number of anilines is 2. The highest BCUT2D eigenvalue weighted by atomic mass is 35.5. The van der Waals surface area contributed by atoms with Crippen LogP contribution in [0.2, 0.25) is 5.02 Å². The Morgan fingerprint density at radius 2 is 2.04 bits per heavy atom. The molecule has 2 unspecified atom stereocenters. The number of halogens is 1. The van der Waals surface area contributed by atoms with Crippen molar-refractivity contribution in [3.8, 4) is 0 Å². The molecule has 5 nitrogen and oxygen atoms in total. The van der Waals surface area contributed by atoms with Crippen LogP contribution >= 0.6 is 23.4 Å². The maximum absolute atomic E-state index is 12.5. The van der Waals surface area contributed by atoms with E-state index in [0.29, 0.717) is 17.0 Å². The highest BCUT2D eigenvalue weighted by Gasteiger charge is 2.26. The monoisotopic (exact) mass is 417 g/mol. The highest BCUT2D eigenvalue weighted by Crippen LogP contribution is 2.29. The molecule has 28 heavy (non-hydrogen) atoms. The fraction of sp³-hybridized carbons (Fsp3) is 0.333. The summed E-state index contributed by atoms with van der Waals surface area (Å²) in [4.78, 5) is 24.7. The first-order valence-corrected chi connectivity index (χ1v) is 10.8. The van der Waals surface area contributed by atoms with Crippen molar-refractivity contribution in [3.05, 3.63) is 58.6 Å². The Bertz CT molecular complexity index is 874. The summed E-state index contributed by atoms with van der Waals surface area (Å²) in [6.07, 6.45) is 0.864. The van der Waals surface area contributed by atoms with E-state index in [4.69, 9.17) is 11.6 Å². The molecule has 1 aliphatic heterocycles. The summed E-state index contributed by atoms with van der Waals surface area (Å²) >= 11 is 7.83. The maximum atomic E-state index is 12.5. The van der Waals surface area contributed by atoms with Gasteiger partial charge in [-0.2, -0.15) is 11.8 Å². The number of nitrogens with one attached hydrogen (secondary N) is 3. The van der Waals surface area contributed by atoms with E-state index in [1.54, 1.807) is 23.9 Å². The lowest BCUT2D eigenvalue weighted by atomic mass is 10.1. The van der Waals surface area contributed by atoms with E-state index in [-0.39, 0.29) is 23.9 Å². The molecule has 2 aromatic carbocycles. The minimum atomic E-state index is -0.334. The zero-order valence-corrected chi connectivity index (χ0v) is 17.5. The molecule has 1 heterocycles. The van der Waals surface area contributed by atoms with Gasteiger partial charge in [-0.1, -0.05) is 36.7 Å². The van der Waals surface area contributed by atoms with E-state index in [0.717, 1.165) is 28.4 Å². The molecule has 0 aliphatic carbocycles. The number of fused-ring (bicyclic) bond motifs is 1. The zero-order valence-electron chi connectivity index (χ0n) is 15.9. The lowest BCUT2D eigenvalue weighted by Crippen LogP contribution is -2.40. The molecule has 0 fully saturated rings. The van der Waals surface area contributed by atoms with Gasteiger partial charge in [0.1, 0.15) is 6.04 Å². The van der Waals surface area contributed by atoms with Crippen LogP contribution in [0.4, 0.5) is 11.4 Å². The molecule has 1 aliphatic rings. The van der Waals surface area contributed by atoms with Gasteiger partial charge in [0.15, 0.2) is 0 Å². The number of hydrogen-bond acceptors (Lipinski definition) is 4. The van der Waals surface area contributed by atoms with Gasteiger partial charge in [-0.25, -0.2) is 0 Å². The average molecular weight is 418 g/mol. The number of hydrogen-bond donors (Lipinski definition) is 3. The first-order valence-electron chi connectivity index (χ1n) is 9.31. The van der Waals surface area contributed by atoms with Crippen LogP contribution in [0.15, 0.2) is 42.5 Å². The Labute approximate surface area is 174 Å². The molecule has 3 N–H and O–H groups in total. The average Bonchev–Trinajstić information content (AvgIpc) is 2.69. The SMILES string of the molecule is CCC(C)NC(=O)c1ccc2c(c1)NC(=O)C(CSCc1ccccc1Cl)N2. The summed E-state index contributed by atoms with van der Waals surface area (Å²) in [6, 6.07) is 12.8. The predicted octanol–water partition coefficient (Wildman–Crippen LogP) is 4.53. The van der Waals surface area contributed by atoms with Crippen molar-refractivity contribution >= 4 is 46.6 Å². The van der Waals surface area contributed by atoms with Crippen LogP contribution < -0.4 is 16.0 Å². The molecular weight excluding hydrogens is 394 g/mol. The highest BCUT2D eigenvalue weighted by molar-refractivity contribution is 7.98. The van der Waals surface area contributed by atoms with Crippen molar-refractivity contribution in [2.24, 2.45) is 0 Å². The standard InChI is InChI=1S/C21H24ClN3O2S/c1-3-13(2)23-20(26)14-8-9-17-18(10-14)25-21(27)19(24-17)12-28-11-15-6-4-5-7-16(15)22/h4-10,13,19,24H,3,11-12H2,1-2H3,(H,23,26)(H,25,27). The fourth-order valence-electron chi connectivity index (χ4n) is 2.82. The van der Waals surface area contributed by atoms with E-state index in [9.17, 15) is 9.59 Å². The molecule has 7 heteroatoms. The Kier molecular flexibility index (Phi) is 6.86. The van der Waals surface area contributed by atoms with Gasteiger partial charge < -0.3 is 16.0 Å². The molecule has 2 aromatic rings. The van der Waals surface area contributed by atoms with Crippen molar-refractivity contribution in [1.82, 2.24) is 5.32 Å². The summed E-state index contributed by atoms with van der Waals surface area (Å²) in [5.41, 5.74) is 3.05. The van der Waals surface area contributed by atoms with Crippen LogP contribution in [0, 0.1) is 0 Å². The molecule has 3 rings (SSSR count). The van der Waals surface area contributed by atoms with Gasteiger partial charge in [-0.3, -0.25) is 9.59 Å². The van der Waals surface area contributed by atoms with Crippen LogP contribution in [0.25, 0.3) is 0 Å². The molecule has 0 spiro atoms. The quantitative estimate of drug-likeness (QED) is 0.618. The first kappa shape index (κ1) is 20.6. The molecule has 0 radical (unpaired) electrons. The van der Waals surface area contributed by atoms with Crippen molar-refractivity contribution in [2.75, 3.05) is 16.4 Å². The van der Waals surface area contributed by atoms with E-state index >= 15 is 0 Å². The number of carbonyl (C=O) groups excluding carboxylic acids is 2. The van der Waals surface area contributed by atoms with Gasteiger partial charge in [0.05, 0.1) is 11.4 Å². The van der Waals surface area contributed by atoms with Crippen LogP contribution in [0.3, 0.4) is 0 Å². The fourth-order valence-corrected chi connectivity index (χ4v) is 4.16. The maximum Gasteiger partial charge on any atom is 0.251 e. The second kappa shape index (κ2) is 9.34. The summed E-state index contributed by atoms with van der Waals surface area (Å²) < 4.78 is 0. The van der Waals surface area contributed by atoms with Gasteiger partial charge >= 0.3 is 0 Å². The minimum Gasteiger partial charge on any atom is -0.371 e. The molecule has 0 saturated heterocycles. The van der Waals surface area contributed by atoms with Crippen LogP contribution in [-0.2, 0) is 10.5 Å². The molecule has 0 bridgehead atoms. The van der Waals surface area contributed by atoms with Crippen molar-refractivity contribution < 1.29 is 9.59 Å². The minimum absolute atomic E-state index is 0.0985. The van der Waals surface area contributed by atoms with E-state index in [1.165, 1.54) is 0 Å². The first-order chi connectivity index (χ1) is 13.5. The van der Waals surface area contributed by atoms with Crippen molar-refractivity contribution in [2.45, 2.75) is 38.1 Å². The topological polar surface area (TPSA) is 70.2 Å². The number of thioether (sulfide) groups is 1. The summed E-state index contributed by atoms with van der Waals surface area (Å²) in [7, 11) is 0. The third-order valence-corrected chi connectivity index (χ3v) is 6.13. The van der Waals surface area contributed by atoms with Crippen LogP contribution in [0.5, 0.6) is 0 Å². The second-order valence-electron chi connectivity index (χ2n) is 6.84. The number of rotatable bonds is 7. The summed E-state index contributed by atoms with van der Waals surface area (Å²) in [5, 5.41) is 9.85. The number of carbonyl (C=O) groups is 2. The lowest BCUT2D eigenvalue weighted by Gasteiger charge is -2.27. The Hall–Kier alpha value is -2.18. The third-order valence-electron chi connectivity index (χ3n) is 4.68. The lowest BCUT2D eigenvalue weighted by molar-refractivity contribution is -0.116. The smallest absolute Gasteiger partial charge is 0.251 e. The Balaban J connectivity index is 1.61. The molecule has 148 valence electrons. The van der Waals surface area contributed by atoms with Gasteiger partial charge in [0.2, 0.25) is 5.91 Å². The molecule has 2 atom stereocenters. The van der Waals surface area contributed by atoms with Crippen molar-refractivity contribution in [1.29, 1.82) is 0 Å². The molecular formula is C21H24ClN3O2S. The van der Waals surface area contributed by atoms with Gasteiger partial charge in [-0.15, -0.1) is 0 Å². The number of amides is 2. The van der Waals surface area contributed by atoms with Crippen LogP contribution in [-0.4, -0.2) is 29.7 Å². The third kappa shape index (κ3) is 5.00. The Morgan fingerprint density at radius 1 is 1.25 bits per heavy atom. The molecule has 0 saturated carbocycles. The number of benzene rings is 2. The van der Waals surface area contributed by atoms with E-state index < -0.39 is 0 Å². The van der Waals surface area contributed by atoms with Gasteiger partial charge in [0.25, 0.3) is 5.91 Å². The largest absolute Gasteiger partial charge is 0.371 e. The normalized spacial score (nSPS) is 16.5. The predicted molar refractivity (Wildman–Crippen MR) is 117 cm³/mol. The van der Waals surface area contributed by atoms with Crippen molar-refractivity contribution in [3.63, 3.8) is 0 Å². The van der Waals surface area contributed by atoms with Crippen LogP contribution in [0.1, 0.15) is 36.2 Å². The van der Waals surface area contributed by atoms with Gasteiger partial charge in [-0.05, 0) is 43.2 Å². The summed E-state index contributed by atoms with van der Waals surface area (Å²) in [6.45, 7) is 3.98.